The molecule has 0 aliphatic carbocycles. The largest absolute Gasteiger partial charge is 0.490 e. The molecule has 23 heavy (non-hydrogen) atoms. The first kappa shape index (κ1) is 17.2. The summed E-state index contributed by atoms with van der Waals surface area (Å²) in [5.41, 5.74) is 3.34. The summed E-state index contributed by atoms with van der Waals surface area (Å²) >= 11 is 6.04. The van der Waals surface area contributed by atoms with E-state index in [2.05, 4.69) is 10.6 Å². The lowest BCUT2D eigenvalue weighted by Gasteiger charge is -2.10. The highest BCUT2D eigenvalue weighted by Gasteiger charge is 2.03. The molecule has 122 valence electrons. The Morgan fingerprint density at radius 2 is 1.74 bits per heavy atom. The average Bonchev–Trinajstić information content (AvgIpc) is 2.54. The summed E-state index contributed by atoms with van der Waals surface area (Å²) in [6.45, 7) is 5.27. The second-order valence-corrected chi connectivity index (χ2v) is 5.78. The summed E-state index contributed by atoms with van der Waals surface area (Å²) in [4.78, 5) is 11.7. The molecule has 2 N–H and O–H groups in total. The van der Waals surface area contributed by atoms with Crippen molar-refractivity contribution in [1.29, 1.82) is 0 Å². The van der Waals surface area contributed by atoms with Gasteiger partial charge in [-0.05, 0) is 37.1 Å². The van der Waals surface area contributed by atoms with Gasteiger partial charge in [0.15, 0.2) is 0 Å². The molecule has 0 unspecified atom stereocenters. The van der Waals surface area contributed by atoms with E-state index >= 15 is 0 Å². The summed E-state index contributed by atoms with van der Waals surface area (Å²) in [6, 6.07) is 13.4. The van der Waals surface area contributed by atoms with Gasteiger partial charge in [-0.3, -0.25) is 0 Å². The third-order valence-corrected chi connectivity index (χ3v) is 3.62. The molecular formula is C18H21ClN2O2. The van der Waals surface area contributed by atoms with Crippen molar-refractivity contribution in [2.24, 2.45) is 0 Å². The Kier molecular flexibility index (Phi) is 6.29. The quantitative estimate of drug-likeness (QED) is 0.790. The molecule has 0 spiro atoms. The standard InChI is InChI=1S/C18H21ClN2O2/c1-13-3-6-15(7-4-13)12-21-18(22)20-9-10-23-17-11-14(2)5-8-16(17)19/h3-8,11H,9-10,12H2,1-2H3,(H2,20,21,22). The number of benzene rings is 2. The summed E-state index contributed by atoms with van der Waals surface area (Å²) in [5, 5.41) is 6.13. The number of rotatable bonds is 6. The zero-order valence-corrected chi connectivity index (χ0v) is 14.1. The number of hydrogen-bond donors (Lipinski definition) is 2. The van der Waals surface area contributed by atoms with E-state index in [0.29, 0.717) is 30.5 Å². The van der Waals surface area contributed by atoms with Gasteiger partial charge in [-0.1, -0.05) is 47.5 Å². The van der Waals surface area contributed by atoms with Crippen LogP contribution in [0.1, 0.15) is 16.7 Å². The average molecular weight is 333 g/mol. The second kappa shape index (κ2) is 8.44. The van der Waals surface area contributed by atoms with Crippen LogP contribution in [0.3, 0.4) is 0 Å². The fourth-order valence-electron chi connectivity index (χ4n) is 2.00. The molecule has 0 aromatic heterocycles. The van der Waals surface area contributed by atoms with Gasteiger partial charge in [0.2, 0.25) is 0 Å². The molecule has 2 aromatic carbocycles. The fourth-order valence-corrected chi connectivity index (χ4v) is 2.17. The van der Waals surface area contributed by atoms with Crippen LogP contribution < -0.4 is 15.4 Å². The number of carbonyl (C=O) groups excluding carboxylic acids is 1. The fraction of sp³-hybridized carbons (Fsp3) is 0.278. The SMILES string of the molecule is Cc1ccc(CNC(=O)NCCOc2cc(C)ccc2Cl)cc1. The summed E-state index contributed by atoms with van der Waals surface area (Å²) in [7, 11) is 0. The first-order valence-electron chi connectivity index (χ1n) is 7.51. The molecule has 0 fully saturated rings. The minimum absolute atomic E-state index is 0.218. The van der Waals surface area contributed by atoms with Crippen LogP contribution in [0, 0.1) is 13.8 Å². The maximum absolute atomic E-state index is 11.7. The molecule has 2 aromatic rings. The Morgan fingerprint density at radius 3 is 2.48 bits per heavy atom. The van der Waals surface area contributed by atoms with Gasteiger partial charge in [0, 0.05) is 6.54 Å². The molecule has 0 saturated carbocycles. The maximum atomic E-state index is 11.7. The summed E-state index contributed by atoms with van der Waals surface area (Å²) in [5.74, 6) is 0.633. The molecule has 2 rings (SSSR count). The van der Waals surface area contributed by atoms with Crippen molar-refractivity contribution in [3.05, 3.63) is 64.2 Å². The van der Waals surface area contributed by atoms with Gasteiger partial charge in [-0.25, -0.2) is 4.79 Å². The molecule has 4 nitrogen and oxygen atoms in total. The van der Waals surface area contributed by atoms with E-state index in [1.165, 1.54) is 5.56 Å². The Bertz CT molecular complexity index is 657. The number of amides is 2. The molecular weight excluding hydrogens is 312 g/mol. The highest BCUT2D eigenvalue weighted by atomic mass is 35.5. The normalized spacial score (nSPS) is 10.2. The minimum atomic E-state index is -0.218. The van der Waals surface area contributed by atoms with E-state index in [1.54, 1.807) is 6.07 Å². The number of urea groups is 1. The molecule has 5 heteroatoms. The zero-order valence-electron chi connectivity index (χ0n) is 13.4. The van der Waals surface area contributed by atoms with Crippen molar-refractivity contribution in [1.82, 2.24) is 10.6 Å². The van der Waals surface area contributed by atoms with Crippen LogP contribution in [0.2, 0.25) is 5.02 Å². The van der Waals surface area contributed by atoms with E-state index in [-0.39, 0.29) is 6.03 Å². The van der Waals surface area contributed by atoms with Gasteiger partial charge in [-0.15, -0.1) is 0 Å². The molecule has 0 heterocycles. The van der Waals surface area contributed by atoms with Gasteiger partial charge in [0.1, 0.15) is 12.4 Å². The summed E-state index contributed by atoms with van der Waals surface area (Å²) in [6.07, 6.45) is 0. The molecule has 0 radical (unpaired) electrons. The number of ether oxygens (including phenoxy) is 1. The van der Waals surface area contributed by atoms with Crippen LogP contribution in [-0.4, -0.2) is 19.2 Å². The smallest absolute Gasteiger partial charge is 0.315 e. The van der Waals surface area contributed by atoms with Crippen molar-refractivity contribution in [3.8, 4) is 5.75 Å². The van der Waals surface area contributed by atoms with Crippen molar-refractivity contribution in [3.63, 3.8) is 0 Å². The predicted molar refractivity (Wildman–Crippen MR) is 93.1 cm³/mol. The van der Waals surface area contributed by atoms with Crippen LogP contribution in [0.15, 0.2) is 42.5 Å². The van der Waals surface area contributed by atoms with E-state index in [0.717, 1.165) is 11.1 Å². The molecule has 0 bridgehead atoms. The van der Waals surface area contributed by atoms with Crippen LogP contribution in [0.25, 0.3) is 0 Å². The predicted octanol–water partition coefficient (Wildman–Crippen LogP) is 3.84. The van der Waals surface area contributed by atoms with Gasteiger partial charge in [0.05, 0.1) is 11.6 Å². The monoisotopic (exact) mass is 332 g/mol. The lowest BCUT2D eigenvalue weighted by Crippen LogP contribution is -2.37. The number of hydrogen-bond acceptors (Lipinski definition) is 2. The van der Waals surface area contributed by atoms with Crippen LogP contribution in [0.5, 0.6) is 5.75 Å². The molecule has 0 aliphatic heterocycles. The molecule has 0 aliphatic rings. The lowest BCUT2D eigenvalue weighted by molar-refractivity contribution is 0.236. The number of carbonyl (C=O) groups is 1. The topological polar surface area (TPSA) is 50.4 Å². The number of nitrogens with one attached hydrogen (secondary N) is 2. The van der Waals surface area contributed by atoms with E-state index in [9.17, 15) is 4.79 Å². The van der Waals surface area contributed by atoms with Gasteiger partial charge in [-0.2, -0.15) is 0 Å². The van der Waals surface area contributed by atoms with Crippen molar-refractivity contribution >= 4 is 17.6 Å². The van der Waals surface area contributed by atoms with Gasteiger partial charge < -0.3 is 15.4 Å². The highest BCUT2D eigenvalue weighted by Crippen LogP contribution is 2.24. The van der Waals surface area contributed by atoms with Crippen molar-refractivity contribution in [2.45, 2.75) is 20.4 Å². The third kappa shape index (κ3) is 5.83. The lowest BCUT2D eigenvalue weighted by atomic mass is 10.1. The van der Waals surface area contributed by atoms with Gasteiger partial charge in [0.25, 0.3) is 0 Å². The molecule has 2 amide bonds. The van der Waals surface area contributed by atoms with E-state index in [1.807, 2.05) is 50.2 Å². The van der Waals surface area contributed by atoms with E-state index < -0.39 is 0 Å². The number of aryl methyl sites for hydroxylation is 2. The van der Waals surface area contributed by atoms with Crippen LogP contribution in [0.4, 0.5) is 4.79 Å². The Hall–Kier alpha value is -2.20. The Balaban J connectivity index is 1.66. The molecule has 0 atom stereocenters. The third-order valence-electron chi connectivity index (χ3n) is 3.31. The van der Waals surface area contributed by atoms with Gasteiger partial charge >= 0.3 is 6.03 Å². The zero-order chi connectivity index (χ0) is 16.7. The van der Waals surface area contributed by atoms with Crippen LogP contribution >= 0.6 is 11.6 Å². The first-order valence-corrected chi connectivity index (χ1v) is 7.88. The van der Waals surface area contributed by atoms with Crippen molar-refractivity contribution in [2.75, 3.05) is 13.2 Å². The Morgan fingerprint density at radius 1 is 1.04 bits per heavy atom. The number of halogens is 1. The van der Waals surface area contributed by atoms with Crippen LogP contribution in [-0.2, 0) is 6.54 Å². The van der Waals surface area contributed by atoms with E-state index in [4.69, 9.17) is 16.3 Å². The van der Waals surface area contributed by atoms with Crippen molar-refractivity contribution < 1.29 is 9.53 Å². The summed E-state index contributed by atoms with van der Waals surface area (Å²) < 4.78 is 5.57. The highest BCUT2D eigenvalue weighted by molar-refractivity contribution is 6.32. The first-order chi connectivity index (χ1) is 11.0. The maximum Gasteiger partial charge on any atom is 0.315 e. The second-order valence-electron chi connectivity index (χ2n) is 5.38. The minimum Gasteiger partial charge on any atom is -0.490 e. The molecule has 0 saturated heterocycles. The Labute approximate surface area is 141 Å².